The van der Waals surface area contributed by atoms with Crippen LogP contribution in [-0.2, 0) is 11.2 Å². The average Bonchev–Trinajstić information content (AvgIpc) is 2.63. The summed E-state index contributed by atoms with van der Waals surface area (Å²) in [5, 5.41) is 0.994. The highest BCUT2D eigenvalue weighted by molar-refractivity contribution is 6.06. The number of hydrogen-bond acceptors (Lipinski definition) is 3. The molecule has 2 amide bonds. The molecule has 98 valence electrons. The highest BCUT2D eigenvalue weighted by Gasteiger charge is 2.30. The number of carbonyl (C=O) groups excluding carboxylic acids is 2. The Kier molecular flexibility index (Phi) is 2.66. The second-order valence-corrected chi connectivity index (χ2v) is 4.99. The summed E-state index contributed by atoms with van der Waals surface area (Å²) >= 11 is 0. The van der Waals surface area contributed by atoms with Crippen molar-refractivity contribution < 1.29 is 14.0 Å². The van der Waals surface area contributed by atoms with Crippen LogP contribution in [0.15, 0.2) is 22.6 Å². The third-order valence-electron chi connectivity index (χ3n) is 3.57. The lowest BCUT2D eigenvalue weighted by molar-refractivity contribution is -0.126. The van der Waals surface area contributed by atoms with Crippen LogP contribution < -0.4 is 0 Å². The van der Waals surface area contributed by atoms with Gasteiger partial charge in [-0.15, -0.1) is 0 Å². The average molecular weight is 257 g/mol. The molecule has 0 fully saturated rings. The molecule has 19 heavy (non-hydrogen) atoms. The van der Waals surface area contributed by atoms with Gasteiger partial charge in [0.05, 0.1) is 0 Å². The summed E-state index contributed by atoms with van der Waals surface area (Å²) in [6.45, 7) is 3.89. The lowest BCUT2D eigenvalue weighted by atomic mass is 10.0. The zero-order valence-corrected chi connectivity index (χ0v) is 11.0. The van der Waals surface area contributed by atoms with Gasteiger partial charge in [-0.2, -0.15) is 0 Å². The van der Waals surface area contributed by atoms with Crippen molar-refractivity contribution in [2.75, 3.05) is 6.54 Å². The molecule has 0 spiro atoms. The van der Waals surface area contributed by atoms with E-state index in [9.17, 15) is 9.59 Å². The molecule has 0 unspecified atom stereocenters. The van der Waals surface area contributed by atoms with Crippen molar-refractivity contribution in [3.8, 4) is 0 Å². The van der Waals surface area contributed by atoms with E-state index in [0.29, 0.717) is 17.9 Å². The number of benzene rings is 1. The van der Waals surface area contributed by atoms with Crippen LogP contribution in [0.4, 0.5) is 0 Å². The van der Waals surface area contributed by atoms with Crippen LogP contribution in [0.3, 0.4) is 0 Å². The highest BCUT2D eigenvalue weighted by atomic mass is 16.3. The van der Waals surface area contributed by atoms with Crippen LogP contribution >= 0.6 is 0 Å². The fourth-order valence-corrected chi connectivity index (χ4v) is 2.62. The molecular weight excluding hydrogens is 242 g/mol. The van der Waals surface area contributed by atoms with Crippen molar-refractivity contribution >= 4 is 22.8 Å². The number of fused-ring (bicyclic) bond motifs is 3. The molecular formula is C15H15NO3. The van der Waals surface area contributed by atoms with Crippen molar-refractivity contribution in [2.45, 2.75) is 26.7 Å². The third-order valence-corrected chi connectivity index (χ3v) is 3.57. The fourth-order valence-electron chi connectivity index (χ4n) is 2.62. The Morgan fingerprint density at radius 3 is 2.89 bits per heavy atom. The minimum atomic E-state index is -0.311. The Morgan fingerprint density at radius 2 is 2.16 bits per heavy atom. The van der Waals surface area contributed by atoms with Crippen LogP contribution in [0.1, 0.15) is 35.0 Å². The van der Waals surface area contributed by atoms with E-state index in [0.717, 1.165) is 29.4 Å². The zero-order valence-electron chi connectivity index (χ0n) is 11.0. The molecule has 0 atom stereocenters. The summed E-state index contributed by atoms with van der Waals surface area (Å²) < 4.78 is 5.67. The van der Waals surface area contributed by atoms with Gasteiger partial charge < -0.3 is 4.42 Å². The van der Waals surface area contributed by atoms with E-state index in [2.05, 4.69) is 0 Å². The SMILES string of the molecule is CC(=O)N1CCCc2c(oc3ccc(C)cc23)C1=O. The minimum Gasteiger partial charge on any atom is -0.451 e. The van der Waals surface area contributed by atoms with E-state index < -0.39 is 0 Å². The molecule has 0 aliphatic carbocycles. The van der Waals surface area contributed by atoms with Gasteiger partial charge in [0.15, 0.2) is 5.76 Å². The maximum Gasteiger partial charge on any atom is 0.296 e. The molecule has 4 nitrogen and oxygen atoms in total. The van der Waals surface area contributed by atoms with Gasteiger partial charge in [0, 0.05) is 24.4 Å². The van der Waals surface area contributed by atoms with Crippen molar-refractivity contribution in [2.24, 2.45) is 0 Å². The van der Waals surface area contributed by atoms with Crippen LogP contribution in [0.25, 0.3) is 11.0 Å². The van der Waals surface area contributed by atoms with Gasteiger partial charge in [-0.1, -0.05) is 11.6 Å². The number of aryl methyl sites for hydroxylation is 2. The smallest absolute Gasteiger partial charge is 0.296 e. The van der Waals surface area contributed by atoms with E-state index in [1.807, 2.05) is 25.1 Å². The van der Waals surface area contributed by atoms with E-state index in [4.69, 9.17) is 4.42 Å². The molecule has 2 aromatic rings. The maximum absolute atomic E-state index is 12.3. The Morgan fingerprint density at radius 1 is 1.37 bits per heavy atom. The first kappa shape index (κ1) is 12.0. The first-order valence-corrected chi connectivity index (χ1v) is 6.42. The number of hydrogen-bond donors (Lipinski definition) is 0. The van der Waals surface area contributed by atoms with Gasteiger partial charge >= 0.3 is 0 Å². The number of amides is 2. The van der Waals surface area contributed by atoms with Crippen LogP contribution in [0, 0.1) is 6.92 Å². The summed E-state index contributed by atoms with van der Waals surface area (Å²) in [5.41, 5.74) is 2.79. The Hall–Kier alpha value is -2.10. The molecule has 0 radical (unpaired) electrons. The van der Waals surface area contributed by atoms with E-state index in [1.54, 1.807) is 0 Å². The summed E-state index contributed by atoms with van der Waals surface area (Å²) in [6.07, 6.45) is 1.54. The third kappa shape index (κ3) is 1.84. The molecule has 1 aromatic heterocycles. The molecule has 3 rings (SSSR count). The standard InChI is InChI=1S/C15H15NO3/c1-9-5-6-13-12(8-9)11-4-3-7-16(10(2)17)15(18)14(11)19-13/h5-6,8H,3-4,7H2,1-2H3. The quantitative estimate of drug-likeness (QED) is 0.729. The van der Waals surface area contributed by atoms with Crippen LogP contribution in [0.5, 0.6) is 0 Å². The zero-order chi connectivity index (χ0) is 13.6. The minimum absolute atomic E-state index is 0.227. The van der Waals surface area contributed by atoms with Gasteiger partial charge in [-0.25, -0.2) is 0 Å². The predicted molar refractivity (Wildman–Crippen MR) is 71.0 cm³/mol. The molecule has 0 saturated heterocycles. The topological polar surface area (TPSA) is 50.5 Å². The number of nitrogens with zero attached hydrogens (tertiary/aromatic N) is 1. The Balaban J connectivity index is 2.20. The number of rotatable bonds is 0. The summed E-state index contributed by atoms with van der Waals surface area (Å²) in [5.74, 6) is -0.211. The lowest BCUT2D eigenvalue weighted by Crippen LogP contribution is -2.34. The predicted octanol–water partition coefficient (Wildman–Crippen LogP) is 2.68. The van der Waals surface area contributed by atoms with Gasteiger partial charge in [0.1, 0.15) is 5.58 Å². The number of carbonyl (C=O) groups is 2. The second kappa shape index (κ2) is 4.23. The molecule has 4 heteroatoms. The van der Waals surface area contributed by atoms with Crippen LogP contribution in [-0.4, -0.2) is 23.3 Å². The van der Waals surface area contributed by atoms with Crippen molar-refractivity contribution in [3.63, 3.8) is 0 Å². The first-order chi connectivity index (χ1) is 9.08. The molecule has 0 saturated carbocycles. The lowest BCUT2D eigenvalue weighted by Gasteiger charge is -2.14. The molecule has 0 N–H and O–H groups in total. The van der Waals surface area contributed by atoms with E-state index in [1.165, 1.54) is 11.8 Å². The van der Waals surface area contributed by atoms with E-state index in [-0.39, 0.29) is 11.8 Å². The normalized spacial score (nSPS) is 15.5. The van der Waals surface area contributed by atoms with Crippen molar-refractivity contribution in [1.29, 1.82) is 0 Å². The molecule has 1 aliphatic heterocycles. The first-order valence-electron chi connectivity index (χ1n) is 6.42. The summed E-state index contributed by atoms with van der Waals surface area (Å²) in [4.78, 5) is 25.1. The monoisotopic (exact) mass is 257 g/mol. The largest absolute Gasteiger partial charge is 0.451 e. The Labute approximate surface area is 111 Å². The highest BCUT2D eigenvalue weighted by Crippen LogP contribution is 2.30. The van der Waals surface area contributed by atoms with E-state index >= 15 is 0 Å². The van der Waals surface area contributed by atoms with Crippen LogP contribution in [0.2, 0.25) is 0 Å². The van der Waals surface area contributed by atoms with Gasteiger partial charge in [0.25, 0.3) is 5.91 Å². The molecule has 2 heterocycles. The number of imide groups is 1. The molecule has 0 bridgehead atoms. The molecule has 1 aliphatic rings. The second-order valence-electron chi connectivity index (χ2n) is 4.99. The summed E-state index contributed by atoms with van der Waals surface area (Å²) in [6, 6.07) is 5.87. The van der Waals surface area contributed by atoms with Gasteiger partial charge in [-0.3, -0.25) is 14.5 Å². The summed E-state index contributed by atoms with van der Waals surface area (Å²) in [7, 11) is 0. The Bertz CT molecular complexity index is 684. The van der Waals surface area contributed by atoms with Crippen molar-refractivity contribution in [3.05, 3.63) is 35.1 Å². The van der Waals surface area contributed by atoms with Gasteiger partial charge in [-0.05, 0) is 31.9 Å². The fraction of sp³-hybridized carbons (Fsp3) is 0.333. The van der Waals surface area contributed by atoms with Gasteiger partial charge in [0.2, 0.25) is 5.91 Å². The maximum atomic E-state index is 12.3. The van der Waals surface area contributed by atoms with Crippen molar-refractivity contribution in [1.82, 2.24) is 4.90 Å². The number of furan rings is 1. The molecule has 1 aromatic carbocycles.